The predicted octanol–water partition coefficient (Wildman–Crippen LogP) is 3.30. The van der Waals surface area contributed by atoms with Gasteiger partial charge in [-0.15, -0.1) is 12.3 Å². The second-order valence-electron chi connectivity index (χ2n) is 5.20. The standard InChI is InChI=1S/C15H22ClN3.C3H4/c1-3-18-8-10-19(11-9-18)15-6-7-17-12-14(15)5-4-13(2)16;1-3-2/h4-7H,3,8-12H2,1-2H3;1H,2H3/b13-4+,14-5+;. The Morgan fingerprint density at radius 2 is 2.05 bits per heavy atom. The molecule has 0 N–H and O–H groups in total. The number of rotatable bonds is 3. The van der Waals surface area contributed by atoms with E-state index >= 15 is 0 Å². The van der Waals surface area contributed by atoms with E-state index in [9.17, 15) is 0 Å². The fourth-order valence-electron chi connectivity index (χ4n) is 2.43. The summed E-state index contributed by atoms with van der Waals surface area (Å²) in [6.45, 7) is 12.1. The lowest BCUT2D eigenvalue weighted by molar-refractivity contribution is 0.167. The van der Waals surface area contributed by atoms with E-state index in [1.165, 1.54) is 11.3 Å². The number of terminal acetylenes is 1. The molecule has 2 rings (SSSR count). The van der Waals surface area contributed by atoms with Gasteiger partial charge < -0.3 is 9.80 Å². The Kier molecular flexibility index (Phi) is 8.65. The summed E-state index contributed by atoms with van der Waals surface area (Å²) in [5, 5.41) is 0.803. The van der Waals surface area contributed by atoms with Crippen molar-refractivity contribution in [2.24, 2.45) is 4.99 Å². The first-order valence-corrected chi connectivity index (χ1v) is 8.08. The van der Waals surface area contributed by atoms with E-state index in [0.717, 1.165) is 44.3 Å². The minimum atomic E-state index is 0.750. The van der Waals surface area contributed by atoms with Crippen LogP contribution in [0.1, 0.15) is 20.8 Å². The van der Waals surface area contributed by atoms with Crippen molar-refractivity contribution in [3.63, 3.8) is 0 Å². The van der Waals surface area contributed by atoms with Gasteiger partial charge in [-0.3, -0.25) is 4.99 Å². The molecule has 0 bridgehead atoms. The zero-order valence-electron chi connectivity index (χ0n) is 13.8. The SMILES string of the molecule is C#CC.CCN1CCN(C2=CC=NC/C2=C\C=C(/C)Cl)CC1. The van der Waals surface area contributed by atoms with Gasteiger partial charge in [0.2, 0.25) is 0 Å². The predicted molar refractivity (Wildman–Crippen MR) is 97.3 cm³/mol. The van der Waals surface area contributed by atoms with Crippen LogP contribution in [0.2, 0.25) is 0 Å². The lowest BCUT2D eigenvalue weighted by Gasteiger charge is -2.37. The molecule has 1 fully saturated rings. The van der Waals surface area contributed by atoms with Crippen LogP contribution in [0.3, 0.4) is 0 Å². The zero-order chi connectivity index (χ0) is 16.4. The number of halogens is 1. The molecular weight excluding hydrogens is 294 g/mol. The molecule has 2 heterocycles. The second kappa shape index (κ2) is 10.3. The van der Waals surface area contributed by atoms with Crippen LogP contribution in [-0.4, -0.2) is 55.3 Å². The van der Waals surface area contributed by atoms with Crippen LogP contribution >= 0.6 is 11.6 Å². The Balaban J connectivity index is 0.000000745. The molecular formula is C18H26ClN3. The average molecular weight is 320 g/mol. The summed E-state index contributed by atoms with van der Waals surface area (Å²) >= 11 is 5.91. The van der Waals surface area contributed by atoms with E-state index in [4.69, 9.17) is 11.6 Å². The van der Waals surface area contributed by atoms with Crippen LogP contribution in [0.15, 0.2) is 39.5 Å². The van der Waals surface area contributed by atoms with Crippen molar-refractivity contribution in [3.05, 3.63) is 34.5 Å². The van der Waals surface area contributed by atoms with Crippen LogP contribution in [-0.2, 0) is 0 Å². The number of allylic oxidation sites excluding steroid dienone is 4. The van der Waals surface area contributed by atoms with E-state index in [2.05, 4.69) is 46.2 Å². The summed E-state index contributed by atoms with van der Waals surface area (Å²) in [5.74, 6) is 2.25. The first-order chi connectivity index (χ1) is 10.6. The number of piperazine rings is 1. The fraction of sp³-hybridized carbons (Fsp3) is 0.500. The maximum absolute atomic E-state index is 5.91. The molecule has 0 aromatic heterocycles. The molecule has 0 saturated carbocycles. The number of hydrogen-bond acceptors (Lipinski definition) is 3. The number of hydrogen-bond donors (Lipinski definition) is 0. The number of nitrogens with zero attached hydrogens (tertiary/aromatic N) is 3. The molecule has 3 nitrogen and oxygen atoms in total. The van der Waals surface area contributed by atoms with Gasteiger partial charge in [0, 0.05) is 43.1 Å². The molecule has 2 aliphatic rings. The van der Waals surface area contributed by atoms with E-state index in [0.29, 0.717) is 0 Å². The number of aliphatic imine (C=N–C) groups is 1. The van der Waals surface area contributed by atoms with E-state index < -0.39 is 0 Å². The molecule has 0 aromatic rings. The first kappa shape index (κ1) is 18.5. The molecule has 4 heteroatoms. The molecule has 0 aromatic carbocycles. The smallest absolute Gasteiger partial charge is 0.0660 e. The van der Waals surface area contributed by atoms with Gasteiger partial charge in [-0.2, -0.15) is 0 Å². The van der Waals surface area contributed by atoms with Gasteiger partial charge in [0.25, 0.3) is 0 Å². The number of likely N-dealkylation sites (N-methyl/N-ethyl adjacent to an activating group) is 1. The highest BCUT2D eigenvalue weighted by atomic mass is 35.5. The van der Waals surface area contributed by atoms with Gasteiger partial charge in [-0.1, -0.05) is 24.6 Å². The van der Waals surface area contributed by atoms with Crippen molar-refractivity contribution >= 4 is 17.8 Å². The van der Waals surface area contributed by atoms with Gasteiger partial charge in [0.1, 0.15) is 0 Å². The van der Waals surface area contributed by atoms with E-state index in [-0.39, 0.29) is 0 Å². The maximum Gasteiger partial charge on any atom is 0.0660 e. The van der Waals surface area contributed by atoms with E-state index in [1.807, 2.05) is 19.2 Å². The Morgan fingerprint density at radius 1 is 1.41 bits per heavy atom. The van der Waals surface area contributed by atoms with Crippen LogP contribution in [0.5, 0.6) is 0 Å². The quantitative estimate of drug-likeness (QED) is 0.743. The van der Waals surface area contributed by atoms with Crippen molar-refractivity contribution in [2.75, 3.05) is 39.3 Å². The monoisotopic (exact) mass is 319 g/mol. The fourth-order valence-corrected chi connectivity index (χ4v) is 2.49. The normalized spacial score (nSPS) is 21.0. The van der Waals surface area contributed by atoms with Gasteiger partial charge >= 0.3 is 0 Å². The first-order valence-electron chi connectivity index (χ1n) is 7.70. The Labute approximate surface area is 140 Å². The molecule has 0 atom stereocenters. The third-order valence-corrected chi connectivity index (χ3v) is 3.73. The third kappa shape index (κ3) is 6.09. The van der Waals surface area contributed by atoms with Crippen LogP contribution in [0, 0.1) is 12.3 Å². The van der Waals surface area contributed by atoms with Crippen molar-refractivity contribution in [2.45, 2.75) is 20.8 Å². The molecule has 0 amide bonds. The molecule has 0 unspecified atom stereocenters. The lowest BCUT2D eigenvalue weighted by Crippen LogP contribution is -2.46. The van der Waals surface area contributed by atoms with Gasteiger partial charge in [-0.05, 0) is 38.1 Å². The van der Waals surface area contributed by atoms with Crippen molar-refractivity contribution in [1.29, 1.82) is 0 Å². The van der Waals surface area contributed by atoms with Gasteiger partial charge in [-0.25, -0.2) is 0 Å². The summed E-state index contributed by atoms with van der Waals surface area (Å²) in [6.07, 6.45) is 12.7. The molecule has 1 saturated heterocycles. The Morgan fingerprint density at radius 3 is 2.59 bits per heavy atom. The molecule has 22 heavy (non-hydrogen) atoms. The summed E-state index contributed by atoms with van der Waals surface area (Å²) in [6, 6.07) is 0. The molecule has 0 radical (unpaired) electrons. The van der Waals surface area contributed by atoms with Crippen LogP contribution in [0.25, 0.3) is 0 Å². The summed E-state index contributed by atoms with van der Waals surface area (Å²) in [5.41, 5.74) is 2.56. The largest absolute Gasteiger partial charge is 0.369 e. The maximum atomic E-state index is 5.91. The van der Waals surface area contributed by atoms with Crippen molar-refractivity contribution < 1.29 is 0 Å². The Bertz CT molecular complexity index is 497. The summed E-state index contributed by atoms with van der Waals surface area (Å²) in [7, 11) is 0. The highest BCUT2D eigenvalue weighted by Crippen LogP contribution is 2.20. The second-order valence-corrected chi connectivity index (χ2v) is 5.79. The summed E-state index contributed by atoms with van der Waals surface area (Å²) in [4.78, 5) is 9.28. The highest BCUT2D eigenvalue weighted by molar-refractivity contribution is 6.29. The van der Waals surface area contributed by atoms with Crippen LogP contribution < -0.4 is 0 Å². The summed E-state index contributed by atoms with van der Waals surface area (Å²) < 4.78 is 0. The van der Waals surface area contributed by atoms with Gasteiger partial charge in [0.15, 0.2) is 0 Å². The lowest BCUT2D eigenvalue weighted by atomic mass is 10.1. The Hall–Kier alpha value is -1.50. The topological polar surface area (TPSA) is 18.8 Å². The minimum absolute atomic E-state index is 0.750. The molecule has 0 aliphatic carbocycles. The highest BCUT2D eigenvalue weighted by Gasteiger charge is 2.20. The van der Waals surface area contributed by atoms with Gasteiger partial charge in [0.05, 0.1) is 6.54 Å². The third-order valence-electron chi connectivity index (χ3n) is 3.60. The molecule has 0 spiro atoms. The average Bonchev–Trinajstić information content (AvgIpc) is 2.54. The van der Waals surface area contributed by atoms with Crippen molar-refractivity contribution in [3.8, 4) is 12.3 Å². The van der Waals surface area contributed by atoms with Crippen LogP contribution in [0.4, 0.5) is 0 Å². The zero-order valence-corrected chi connectivity index (χ0v) is 14.6. The molecule has 2 aliphatic heterocycles. The number of dihydropyridines is 1. The molecule has 120 valence electrons. The van der Waals surface area contributed by atoms with Crippen molar-refractivity contribution in [1.82, 2.24) is 9.80 Å². The van der Waals surface area contributed by atoms with E-state index in [1.54, 1.807) is 6.92 Å². The minimum Gasteiger partial charge on any atom is -0.369 e.